The zero-order valence-corrected chi connectivity index (χ0v) is 14.1. The molecule has 0 fully saturated rings. The number of nitrogens with one attached hydrogen (secondary N) is 1. The van der Waals surface area contributed by atoms with Crippen LogP contribution in [0.3, 0.4) is 0 Å². The normalized spacial score (nSPS) is 10.5. The highest BCUT2D eigenvalue weighted by atomic mass is 79.9. The number of amides is 2. The number of halogens is 2. The van der Waals surface area contributed by atoms with Gasteiger partial charge < -0.3 is 10.2 Å². The van der Waals surface area contributed by atoms with Crippen molar-refractivity contribution in [2.75, 3.05) is 13.1 Å². The fourth-order valence-corrected chi connectivity index (χ4v) is 2.26. The topological polar surface area (TPSA) is 49.4 Å². The Morgan fingerprint density at radius 2 is 2.05 bits per heavy atom. The Balaban J connectivity index is 2.86. The van der Waals surface area contributed by atoms with Gasteiger partial charge in [0, 0.05) is 17.1 Å². The molecule has 0 saturated heterocycles. The van der Waals surface area contributed by atoms with Crippen LogP contribution in [0.5, 0.6) is 0 Å². The predicted molar refractivity (Wildman–Crippen MR) is 84.0 cm³/mol. The summed E-state index contributed by atoms with van der Waals surface area (Å²) in [6, 6.07) is 5.13. The SMILES string of the molecule is CCN(CC(=O)NC(C)C)C(=O)c1cc(Br)ccc1Cl. The molecule has 2 amide bonds. The Morgan fingerprint density at radius 1 is 1.40 bits per heavy atom. The average Bonchev–Trinajstić information content (AvgIpc) is 2.37. The molecule has 6 heteroatoms. The maximum absolute atomic E-state index is 12.4. The Bertz CT molecular complexity index is 506. The number of hydrogen-bond acceptors (Lipinski definition) is 2. The molecule has 0 bridgehead atoms. The molecule has 4 nitrogen and oxygen atoms in total. The van der Waals surface area contributed by atoms with Crippen LogP contribution in [0.25, 0.3) is 0 Å². The summed E-state index contributed by atoms with van der Waals surface area (Å²) in [5.74, 6) is -0.431. The van der Waals surface area contributed by atoms with Gasteiger partial charge in [-0.15, -0.1) is 0 Å². The molecule has 0 atom stereocenters. The maximum atomic E-state index is 12.4. The first-order valence-electron chi connectivity index (χ1n) is 6.38. The van der Waals surface area contributed by atoms with E-state index in [-0.39, 0.29) is 24.4 Å². The van der Waals surface area contributed by atoms with Crippen molar-refractivity contribution in [1.29, 1.82) is 0 Å². The van der Waals surface area contributed by atoms with Crippen molar-refractivity contribution in [3.63, 3.8) is 0 Å². The molecule has 0 saturated carbocycles. The Labute approximate surface area is 132 Å². The molecule has 1 N–H and O–H groups in total. The van der Waals surface area contributed by atoms with Gasteiger partial charge in [-0.2, -0.15) is 0 Å². The van der Waals surface area contributed by atoms with Crippen LogP contribution in [-0.4, -0.2) is 35.8 Å². The van der Waals surface area contributed by atoms with Crippen molar-refractivity contribution in [3.05, 3.63) is 33.3 Å². The lowest BCUT2D eigenvalue weighted by atomic mass is 10.2. The van der Waals surface area contributed by atoms with Gasteiger partial charge in [0.1, 0.15) is 0 Å². The lowest BCUT2D eigenvalue weighted by molar-refractivity contribution is -0.122. The number of carbonyl (C=O) groups excluding carboxylic acids is 2. The zero-order valence-electron chi connectivity index (χ0n) is 11.7. The molecule has 0 aliphatic heterocycles. The van der Waals surface area contributed by atoms with Gasteiger partial charge >= 0.3 is 0 Å². The number of nitrogens with zero attached hydrogens (tertiary/aromatic N) is 1. The lowest BCUT2D eigenvalue weighted by Crippen LogP contribution is -2.42. The minimum absolute atomic E-state index is 0.0242. The first-order chi connectivity index (χ1) is 9.35. The van der Waals surface area contributed by atoms with Crippen LogP contribution in [-0.2, 0) is 4.79 Å². The summed E-state index contributed by atoms with van der Waals surface area (Å²) in [6.45, 7) is 6.04. The minimum atomic E-state index is -0.252. The average molecular weight is 362 g/mol. The number of likely N-dealkylation sites (N-methyl/N-ethyl adjacent to an activating group) is 1. The van der Waals surface area contributed by atoms with Gasteiger partial charge in [-0.05, 0) is 39.0 Å². The molecule has 0 heterocycles. The second-order valence-electron chi connectivity index (χ2n) is 4.67. The van der Waals surface area contributed by atoms with Crippen LogP contribution >= 0.6 is 27.5 Å². The van der Waals surface area contributed by atoms with Crippen LogP contribution in [0.2, 0.25) is 5.02 Å². The molecular weight excluding hydrogens is 344 g/mol. The monoisotopic (exact) mass is 360 g/mol. The van der Waals surface area contributed by atoms with Gasteiger partial charge in [0.05, 0.1) is 17.1 Å². The van der Waals surface area contributed by atoms with Crippen LogP contribution < -0.4 is 5.32 Å². The van der Waals surface area contributed by atoms with Gasteiger partial charge in [0.15, 0.2) is 0 Å². The molecule has 20 heavy (non-hydrogen) atoms. The molecule has 0 aliphatic rings. The lowest BCUT2D eigenvalue weighted by Gasteiger charge is -2.21. The third kappa shape index (κ3) is 4.80. The highest BCUT2D eigenvalue weighted by Crippen LogP contribution is 2.22. The summed E-state index contributed by atoms with van der Waals surface area (Å²) in [6.07, 6.45) is 0. The van der Waals surface area contributed by atoms with Crippen molar-refractivity contribution in [3.8, 4) is 0 Å². The van der Waals surface area contributed by atoms with E-state index in [1.807, 2.05) is 20.8 Å². The van der Waals surface area contributed by atoms with Crippen molar-refractivity contribution in [2.45, 2.75) is 26.8 Å². The van der Waals surface area contributed by atoms with E-state index in [0.717, 1.165) is 4.47 Å². The van der Waals surface area contributed by atoms with Gasteiger partial charge in [0.2, 0.25) is 5.91 Å². The first kappa shape index (κ1) is 17.0. The molecule has 0 aromatic heterocycles. The summed E-state index contributed by atoms with van der Waals surface area (Å²) in [5, 5.41) is 3.14. The number of hydrogen-bond donors (Lipinski definition) is 1. The largest absolute Gasteiger partial charge is 0.352 e. The van der Waals surface area contributed by atoms with Gasteiger partial charge in [-0.25, -0.2) is 0 Å². The van der Waals surface area contributed by atoms with Crippen molar-refractivity contribution < 1.29 is 9.59 Å². The number of rotatable bonds is 5. The van der Waals surface area contributed by atoms with E-state index < -0.39 is 0 Å². The van der Waals surface area contributed by atoms with Gasteiger partial charge in [0.25, 0.3) is 5.91 Å². The highest BCUT2D eigenvalue weighted by molar-refractivity contribution is 9.10. The summed E-state index contributed by atoms with van der Waals surface area (Å²) < 4.78 is 0.771. The molecule has 0 unspecified atom stereocenters. The van der Waals surface area contributed by atoms with E-state index >= 15 is 0 Å². The summed E-state index contributed by atoms with van der Waals surface area (Å²) in [4.78, 5) is 25.6. The Hall–Kier alpha value is -1.07. The van der Waals surface area contributed by atoms with E-state index in [0.29, 0.717) is 17.1 Å². The van der Waals surface area contributed by atoms with Crippen molar-refractivity contribution in [1.82, 2.24) is 10.2 Å². The zero-order chi connectivity index (χ0) is 15.3. The molecular formula is C14H18BrClN2O2. The molecule has 0 aliphatic carbocycles. The van der Waals surface area contributed by atoms with E-state index in [2.05, 4.69) is 21.2 Å². The van der Waals surface area contributed by atoms with E-state index in [9.17, 15) is 9.59 Å². The van der Waals surface area contributed by atoms with E-state index in [4.69, 9.17) is 11.6 Å². The quantitative estimate of drug-likeness (QED) is 0.876. The van der Waals surface area contributed by atoms with Crippen LogP contribution in [0.15, 0.2) is 22.7 Å². The van der Waals surface area contributed by atoms with Gasteiger partial charge in [-0.1, -0.05) is 27.5 Å². The predicted octanol–water partition coefficient (Wildman–Crippen LogP) is 3.09. The van der Waals surface area contributed by atoms with Gasteiger partial charge in [-0.3, -0.25) is 9.59 Å². The Kier molecular flexibility index (Phi) is 6.49. The third-order valence-corrected chi connectivity index (χ3v) is 3.43. The second-order valence-corrected chi connectivity index (χ2v) is 5.99. The second kappa shape index (κ2) is 7.64. The molecule has 0 spiro atoms. The van der Waals surface area contributed by atoms with Crippen molar-refractivity contribution in [2.24, 2.45) is 0 Å². The molecule has 0 radical (unpaired) electrons. The van der Waals surface area contributed by atoms with E-state index in [1.54, 1.807) is 18.2 Å². The molecule has 110 valence electrons. The smallest absolute Gasteiger partial charge is 0.255 e. The molecule has 1 aromatic rings. The standard InChI is InChI=1S/C14H18BrClN2O2/c1-4-18(8-13(19)17-9(2)3)14(20)11-7-10(15)5-6-12(11)16/h5-7,9H,4,8H2,1-3H3,(H,17,19). The highest BCUT2D eigenvalue weighted by Gasteiger charge is 2.20. The van der Waals surface area contributed by atoms with Crippen LogP contribution in [0.4, 0.5) is 0 Å². The fraction of sp³-hybridized carbons (Fsp3) is 0.429. The van der Waals surface area contributed by atoms with E-state index in [1.165, 1.54) is 4.90 Å². The molecule has 1 rings (SSSR count). The molecule has 1 aromatic carbocycles. The Morgan fingerprint density at radius 3 is 2.60 bits per heavy atom. The van der Waals surface area contributed by atoms with Crippen LogP contribution in [0, 0.1) is 0 Å². The summed E-state index contributed by atoms with van der Waals surface area (Å²) in [7, 11) is 0. The number of carbonyl (C=O) groups is 2. The summed E-state index contributed by atoms with van der Waals surface area (Å²) >= 11 is 9.35. The van der Waals surface area contributed by atoms with Crippen LogP contribution in [0.1, 0.15) is 31.1 Å². The first-order valence-corrected chi connectivity index (χ1v) is 7.56. The van der Waals surface area contributed by atoms with Crippen molar-refractivity contribution >= 4 is 39.3 Å². The third-order valence-electron chi connectivity index (χ3n) is 2.61. The number of benzene rings is 1. The summed E-state index contributed by atoms with van der Waals surface area (Å²) in [5.41, 5.74) is 0.389. The minimum Gasteiger partial charge on any atom is -0.352 e. The fourth-order valence-electron chi connectivity index (χ4n) is 1.70. The maximum Gasteiger partial charge on any atom is 0.255 e.